The van der Waals surface area contributed by atoms with Gasteiger partial charge in [0.2, 0.25) is 5.91 Å². The summed E-state index contributed by atoms with van der Waals surface area (Å²) in [6, 6.07) is 9.93. The zero-order valence-electron chi connectivity index (χ0n) is 9.81. The summed E-state index contributed by atoms with van der Waals surface area (Å²) in [7, 11) is 0. The highest BCUT2D eigenvalue weighted by Gasteiger charge is 2.02. The summed E-state index contributed by atoms with van der Waals surface area (Å²) in [5, 5.41) is 4.87. The number of carbonyl (C=O) groups excluding carboxylic acids is 1. The molecule has 0 aliphatic carbocycles. The van der Waals surface area contributed by atoms with Crippen molar-refractivity contribution in [1.82, 2.24) is 0 Å². The number of hydrogen-bond acceptors (Lipinski definition) is 2. The topological polar surface area (TPSA) is 29.1 Å². The molecule has 1 aromatic heterocycles. The Kier molecular flexibility index (Phi) is 4.54. The van der Waals surface area contributed by atoms with E-state index in [-0.39, 0.29) is 5.91 Å². The van der Waals surface area contributed by atoms with Crippen LogP contribution in [-0.2, 0) is 4.79 Å². The molecule has 0 aliphatic heterocycles. The van der Waals surface area contributed by atoms with Gasteiger partial charge in [-0.15, -0.1) is 11.3 Å². The first kappa shape index (κ1) is 13.3. The quantitative estimate of drug-likeness (QED) is 0.634. The van der Waals surface area contributed by atoms with E-state index in [0.717, 1.165) is 19.7 Å². The largest absolute Gasteiger partial charge is 0.322 e. The van der Waals surface area contributed by atoms with Crippen LogP contribution in [0.3, 0.4) is 0 Å². The molecule has 1 amide bonds. The van der Waals surface area contributed by atoms with Crippen LogP contribution in [0.4, 0.5) is 5.69 Å². The number of amides is 1. The maximum Gasteiger partial charge on any atom is 0.248 e. The second-order valence-corrected chi connectivity index (χ2v) is 6.02. The van der Waals surface area contributed by atoms with Crippen LogP contribution in [-0.4, -0.2) is 5.91 Å². The molecule has 4 heteroatoms. The van der Waals surface area contributed by atoms with Gasteiger partial charge >= 0.3 is 0 Å². The van der Waals surface area contributed by atoms with Gasteiger partial charge in [-0.1, -0.05) is 12.1 Å². The lowest BCUT2D eigenvalue weighted by Gasteiger charge is -2.06. The minimum atomic E-state index is -0.103. The average Bonchev–Trinajstić information content (AvgIpc) is 2.84. The summed E-state index contributed by atoms with van der Waals surface area (Å²) in [6.07, 6.45) is 3.38. The van der Waals surface area contributed by atoms with E-state index in [0.29, 0.717) is 0 Å². The van der Waals surface area contributed by atoms with Gasteiger partial charge in [-0.25, -0.2) is 0 Å². The van der Waals surface area contributed by atoms with Crippen molar-refractivity contribution in [2.24, 2.45) is 0 Å². The fourth-order valence-electron chi connectivity index (χ4n) is 1.45. The smallest absolute Gasteiger partial charge is 0.248 e. The van der Waals surface area contributed by atoms with Crippen molar-refractivity contribution < 1.29 is 4.79 Å². The maximum atomic E-state index is 11.8. The molecule has 2 nitrogen and oxygen atoms in total. The summed E-state index contributed by atoms with van der Waals surface area (Å²) >= 11 is 3.84. The van der Waals surface area contributed by atoms with E-state index in [4.69, 9.17) is 0 Å². The van der Waals surface area contributed by atoms with Crippen molar-refractivity contribution in [3.63, 3.8) is 0 Å². The van der Waals surface area contributed by atoms with E-state index in [1.807, 2.05) is 48.7 Å². The number of anilines is 1. The van der Waals surface area contributed by atoms with Crippen LogP contribution in [0.5, 0.6) is 0 Å². The molecule has 0 saturated heterocycles. The molecule has 0 fully saturated rings. The minimum absolute atomic E-state index is 0.103. The molecule has 18 heavy (non-hydrogen) atoms. The Labute approximate surface area is 124 Å². The molecule has 0 saturated carbocycles. The highest BCUT2D eigenvalue weighted by atomic mass is 127. The van der Waals surface area contributed by atoms with Gasteiger partial charge in [0.1, 0.15) is 0 Å². The van der Waals surface area contributed by atoms with E-state index in [2.05, 4.69) is 27.9 Å². The summed E-state index contributed by atoms with van der Waals surface area (Å²) in [4.78, 5) is 12.8. The van der Waals surface area contributed by atoms with Crippen LogP contribution >= 0.6 is 33.9 Å². The molecule has 92 valence electrons. The predicted molar refractivity (Wildman–Crippen MR) is 85.9 cm³/mol. The van der Waals surface area contributed by atoms with Crippen molar-refractivity contribution >= 4 is 51.6 Å². The highest BCUT2D eigenvalue weighted by molar-refractivity contribution is 14.1. The predicted octanol–water partition coefficient (Wildman–Crippen LogP) is 4.31. The normalized spacial score (nSPS) is 10.8. The van der Waals surface area contributed by atoms with E-state index >= 15 is 0 Å². The molecule has 0 unspecified atom stereocenters. The molecular formula is C14H12INOS. The van der Waals surface area contributed by atoms with Crippen molar-refractivity contribution in [3.8, 4) is 0 Å². The first-order valence-electron chi connectivity index (χ1n) is 5.44. The van der Waals surface area contributed by atoms with Gasteiger partial charge in [0.15, 0.2) is 0 Å². The lowest BCUT2D eigenvalue weighted by Crippen LogP contribution is -2.09. The van der Waals surface area contributed by atoms with Gasteiger partial charge in [-0.3, -0.25) is 4.79 Å². The number of thiophene rings is 1. The zero-order valence-corrected chi connectivity index (χ0v) is 12.8. The van der Waals surface area contributed by atoms with E-state index in [9.17, 15) is 4.79 Å². The third-order valence-electron chi connectivity index (χ3n) is 2.40. The van der Waals surface area contributed by atoms with Gasteiger partial charge in [0.05, 0.1) is 0 Å². The molecule has 2 aromatic rings. The second kappa shape index (κ2) is 6.15. The van der Waals surface area contributed by atoms with Crippen LogP contribution in [0.25, 0.3) is 6.08 Å². The third-order valence-corrected chi connectivity index (χ3v) is 3.91. The van der Waals surface area contributed by atoms with Crippen molar-refractivity contribution in [2.45, 2.75) is 6.92 Å². The molecule has 0 radical (unpaired) electrons. The van der Waals surface area contributed by atoms with E-state index < -0.39 is 0 Å². The van der Waals surface area contributed by atoms with Gasteiger partial charge in [0, 0.05) is 20.2 Å². The number of carbonyl (C=O) groups is 1. The highest BCUT2D eigenvalue weighted by Crippen LogP contribution is 2.18. The third kappa shape index (κ3) is 3.68. The number of halogens is 1. The van der Waals surface area contributed by atoms with Gasteiger partial charge < -0.3 is 5.32 Å². The minimum Gasteiger partial charge on any atom is -0.322 e. The van der Waals surface area contributed by atoms with Crippen LogP contribution in [0.1, 0.15) is 10.4 Å². The summed E-state index contributed by atoms with van der Waals surface area (Å²) < 4.78 is 1.11. The lowest BCUT2D eigenvalue weighted by atomic mass is 10.2. The van der Waals surface area contributed by atoms with Crippen LogP contribution in [0.2, 0.25) is 0 Å². The number of hydrogen-bond donors (Lipinski definition) is 1. The van der Waals surface area contributed by atoms with E-state index in [1.54, 1.807) is 17.4 Å². The molecule has 1 N–H and O–H groups in total. The fraction of sp³-hybridized carbons (Fsp3) is 0.0714. The van der Waals surface area contributed by atoms with Crippen LogP contribution in [0, 0.1) is 10.5 Å². The number of nitrogens with one attached hydrogen (secondary N) is 1. The Morgan fingerprint density at radius 2 is 2.22 bits per heavy atom. The first-order chi connectivity index (χ1) is 8.65. The maximum absolute atomic E-state index is 11.8. The Bertz CT molecular complexity index is 575. The molecule has 0 atom stereocenters. The standard InChI is InChI=1S/C14H12INOS/c1-10-4-5-11(15)9-13(10)16-14(17)7-6-12-3-2-8-18-12/h2-9H,1H3,(H,16,17)/b7-6+. The second-order valence-electron chi connectivity index (χ2n) is 3.80. The monoisotopic (exact) mass is 369 g/mol. The molecular weight excluding hydrogens is 357 g/mol. The van der Waals surface area contributed by atoms with Gasteiger partial charge in [-0.05, 0) is 64.7 Å². The van der Waals surface area contributed by atoms with Crippen molar-refractivity contribution in [1.29, 1.82) is 0 Å². The molecule has 1 aromatic carbocycles. The van der Waals surface area contributed by atoms with Gasteiger partial charge in [0.25, 0.3) is 0 Å². The Balaban J connectivity index is 2.05. The molecule has 0 bridgehead atoms. The zero-order chi connectivity index (χ0) is 13.0. The summed E-state index contributed by atoms with van der Waals surface area (Å²) in [5.74, 6) is -0.103. The number of aryl methyl sites for hydroxylation is 1. The Morgan fingerprint density at radius 1 is 1.39 bits per heavy atom. The van der Waals surface area contributed by atoms with Crippen LogP contribution in [0.15, 0.2) is 41.8 Å². The Morgan fingerprint density at radius 3 is 2.94 bits per heavy atom. The van der Waals surface area contributed by atoms with Crippen LogP contribution < -0.4 is 5.32 Å². The number of benzene rings is 1. The molecule has 0 aliphatic rings. The number of rotatable bonds is 3. The molecule has 1 heterocycles. The molecule has 0 spiro atoms. The van der Waals surface area contributed by atoms with E-state index in [1.165, 1.54) is 0 Å². The fourth-order valence-corrected chi connectivity index (χ4v) is 2.56. The summed E-state index contributed by atoms with van der Waals surface area (Å²) in [5.41, 5.74) is 1.93. The Hall–Kier alpha value is -1.14. The lowest BCUT2D eigenvalue weighted by molar-refractivity contribution is -0.111. The summed E-state index contributed by atoms with van der Waals surface area (Å²) in [6.45, 7) is 1.98. The average molecular weight is 369 g/mol. The van der Waals surface area contributed by atoms with Crippen molar-refractivity contribution in [3.05, 3.63) is 55.8 Å². The van der Waals surface area contributed by atoms with Crippen molar-refractivity contribution in [2.75, 3.05) is 5.32 Å². The van der Waals surface area contributed by atoms with Gasteiger partial charge in [-0.2, -0.15) is 0 Å². The SMILES string of the molecule is Cc1ccc(I)cc1NC(=O)/C=C/c1cccs1. The molecule has 2 rings (SSSR count). The first-order valence-corrected chi connectivity index (χ1v) is 7.40.